The highest BCUT2D eigenvalue weighted by molar-refractivity contribution is 5.35. The second-order valence-corrected chi connectivity index (χ2v) is 5.69. The monoisotopic (exact) mass is 240 g/mol. The van der Waals surface area contributed by atoms with E-state index < -0.39 is 0 Å². The van der Waals surface area contributed by atoms with Crippen LogP contribution in [0.4, 0.5) is 0 Å². The molecule has 0 bridgehead atoms. The van der Waals surface area contributed by atoms with Crippen molar-refractivity contribution < 1.29 is 4.74 Å². The minimum atomic E-state index is 0.183. The zero-order valence-electron chi connectivity index (χ0n) is 11.5. The van der Waals surface area contributed by atoms with E-state index in [1.807, 2.05) is 24.3 Å². The summed E-state index contributed by atoms with van der Waals surface area (Å²) in [5, 5.41) is 0. The van der Waals surface area contributed by atoms with Gasteiger partial charge >= 0.3 is 0 Å². The molecule has 0 radical (unpaired) electrons. The molecule has 0 saturated heterocycles. The molecule has 0 aliphatic heterocycles. The molecule has 18 heavy (non-hydrogen) atoms. The van der Waals surface area contributed by atoms with Crippen molar-refractivity contribution in [2.24, 2.45) is 0 Å². The van der Waals surface area contributed by atoms with Gasteiger partial charge in [-0.25, -0.2) is 0 Å². The van der Waals surface area contributed by atoms with Crippen LogP contribution in [0.5, 0.6) is 11.5 Å². The maximum atomic E-state index is 5.80. The molecule has 0 fully saturated rings. The lowest BCUT2D eigenvalue weighted by atomic mass is 9.87. The molecule has 2 aromatic carbocycles. The van der Waals surface area contributed by atoms with Crippen LogP contribution in [0.1, 0.15) is 31.9 Å². The van der Waals surface area contributed by atoms with E-state index in [9.17, 15) is 0 Å². The van der Waals surface area contributed by atoms with Crippen LogP contribution in [0.25, 0.3) is 0 Å². The molecule has 0 saturated carbocycles. The van der Waals surface area contributed by atoms with Gasteiger partial charge in [0.25, 0.3) is 0 Å². The van der Waals surface area contributed by atoms with Crippen LogP contribution in [-0.4, -0.2) is 0 Å². The van der Waals surface area contributed by atoms with E-state index in [4.69, 9.17) is 4.74 Å². The molecule has 0 aliphatic carbocycles. The normalized spacial score (nSPS) is 11.3. The number of benzene rings is 2. The first-order valence-electron chi connectivity index (χ1n) is 6.30. The minimum Gasteiger partial charge on any atom is -0.457 e. The number of hydrogen-bond donors (Lipinski definition) is 0. The Morgan fingerprint density at radius 2 is 1.17 bits per heavy atom. The Kier molecular flexibility index (Phi) is 3.42. The zero-order chi connectivity index (χ0) is 13.2. The maximum Gasteiger partial charge on any atom is 0.127 e. The summed E-state index contributed by atoms with van der Waals surface area (Å²) in [5.41, 5.74) is 2.74. The van der Waals surface area contributed by atoms with Gasteiger partial charge in [0.1, 0.15) is 11.5 Å². The van der Waals surface area contributed by atoms with Crippen molar-refractivity contribution in [2.75, 3.05) is 0 Å². The summed E-state index contributed by atoms with van der Waals surface area (Å²) < 4.78 is 5.80. The van der Waals surface area contributed by atoms with Crippen LogP contribution in [0.3, 0.4) is 0 Å². The molecule has 0 unspecified atom stereocenters. The van der Waals surface area contributed by atoms with Gasteiger partial charge in [0, 0.05) is 0 Å². The van der Waals surface area contributed by atoms with Gasteiger partial charge < -0.3 is 4.74 Å². The van der Waals surface area contributed by atoms with Gasteiger partial charge in [0.2, 0.25) is 0 Å². The van der Waals surface area contributed by atoms with Crippen LogP contribution in [-0.2, 0) is 5.41 Å². The van der Waals surface area contributed by atoms with Crippen LogP contribution >= 0.6 is 0 Å². The Bertz CT molecular complexity index is 501. The minimum absolute atomic E-state index is 0.183. The Labute approximate surface area is 109 Å². The van der Waals surface area contributed by atoms with Crippen molar-refractivity contribution in [3.63, 3.8) is 0 Å². The zero-order valence-corrected chi connectivity index (χ0v) is 11.5. The van der Waals surface area contributed by atoms with Crippen molar-refractivity contribution >= 4 is 0 Å². The molecule has 0 N–H and O–H groups in total. The summed E-state index contributed by atoms with van der Waals surface area (Å²) in [6.45, 7) is 8.70. The number of rotatable bonds is 2. The van der Waals surface area contributed by atoms with E-state index in [1.165, 1.54) is 11.1 Å². The number of ether oxygens (including phenoxy) is 1. The average molecular weight is 240 g/mol. The van der Waals surface area contributed by atoms with Gasteiger partial charge in [-0.05, 0) is 42.2 Å². The Morgan fingerprint density at radius 1 is 0.722 bits per heavy atom. The van der Waals surface area contributed by atoms with E-state index in [0.29, 0.717) is 0 Å². The van der Waals surface area contributed by atoms with Crippen molar-refractivity contribution in [1.82, 2.24) is 0 Å². The third kappa shape index (κ3) is 3.13. The summed E-state index contributed by atoms with van der Waals surface area (Å²) in [5.74, 6) is 1.76. The van der Waals surface area contributed by atoms with E-state index in [0.717, 1.165) is 11.5 Å². The van der Waals surface area contributed by atoms with E-state index in [2.05, 4.69) is 52.0 Å². The first kappa shape index (κ1) is 12.7. The highest BCUT2D eigenvalue weighted by Crippen LogP contribution is 2.26. The molecule has 1 heteroatoms. The smallest absolute Gasteiger partial charge is 0.127 e. The molecule has 0 aromatic heterocycles. The largest absolute Gasteiger partial charge is 0.457 e. The molecule has 94 valence electrons. The van der Waals surface area contributed by atoms with Crippen molar-refractivity contribution in [3.05, 3.63) is 59.7 Å². The Hall–Kier alpha value is -1.76. The Morgan fingerprint density at radius 3 is 1.61 bits per heavy atom. The highest BCUT2D eigenvalue weighted by Gasteiger charge is 2.12. The lowest BCUT2D eigenvalue weighted by Gasteiger charge is -2.19. The van der Waals surface area contributed by atoms with Crippen molar-refractivity contribution in [1.29, 1.82) is 0 Å². The van der Waals surface area contributed by atoms with Crippen LogP contribution < -0.4 is 4.74 Å². The van der Waals surface area contributed by atoms with E-state index >= 15 is 0 Å². The van der Waals surface area contributed by atoms with Crippen LogP contribution in [0, 0.1) is 6.92 Å². The van der Waals surface area contributed by atoms with Gasteiger partial charge in [-0.1, -0.05) is 50.6 Å². The fourth-order valence-corrected chi connectivity index (χ4v) is 1.77. The predicted octanol–water partition coefficient (Wildman–Crippen LogP) is 5.08. The van der Waals surface area contributed by atoms with E-state index in [-0.39, 0.29) is 5.41 Å². The Balaban J connectivity index is 2.13. The first-order chi connectivity index (χ1) is 8.45. The molecule has 2 rings (SSSR count). The molecular weight excluding hydrogens is 220 g/mol. The molecule has 1 nitrogen and oxygen atoms in total. The summed E-state index contributed by atoms with van der Waals surface area (Å²) in [7, 11) is 0. The quantitative estimate of drug-likeness (QED) is 0.711. The molecule has 0 atom stereocenters. The third-order valence-corrected chi connectivity index (χ3v) is 2.98. The van der Waals surface area contributed by atoms with Gasteiger partial charge in [-0.3, -0.25) is 0 Å². The second-order valence-electron chi connectivity index (χ2n) is 5.69. The fraction of sp³-hybridized carbons (Fsp3) is 0.294. The third-order valence-electron chi connectivity index (χ3n) is 2.98. The molecular formula is C17H20O. The fourth-order valence-electron chi connectivity index (χ4n) is 1.77. The van der Waals surface area contributed by atoms with Gasteiger partial charge in [-0.2, -0.15) is 0 Å². The summed E-state index contributed by atoms with van der Waals surface area (Å²) in [6.07, 6.45) is 0. The van der Waals surface area contributed by atoms with Crippen molar-refractivity contribution in [3.8, 4) is 11.5 Å². The molecule has 0 aliphatic rings. The molecule has 2 aromatic rings. The van der Waals surface area contributed by atoms with Gasteiger partial charge in [0.15, 0.2) is 0 Å². The number of aryl methyl sites for hydroxylation is 1. The highest BCUT2D eigenvalue weighted by atomic mass is 16.5. The van der Waals surface area contributed by atoms with Crippen LogP contribution in [0.15, 0.2) is 48.5 Å². The topological polar surface area (TPSA) is 9.23 Å². The SMILES string of the molecule is Cc1ccc(Oc2ccc(C(C)(C)C)cc2)cc1. The van der Waals surface area contributed by atoms with Crippen molar-refractivity contribution in [2.45, 2.75) is 33.1 Å². The van der Waals surface area contributed by atoms with Crippen LogP contribution in [0.2, 0.25) is 0 Å². The van der Waals surface area contributed by atoms with Gasteiger partial charge in [0.05, 0.1) is 0 Å². The number of hydrogen-bond acceptors (Lipinski definition) is 1. The maximum absolute atomic E-state index is 5.80. The molecule has 0 spiro atoms. The molecule has 0 heterocycles. The summed E-state index contributed by atoms with van der Waals surface area (Å²) in [4.78, 5) is 0. The summed E-state index contributed by atoms with van der Waals surface area (Å²) in [6, 6.07) is 16.4. The predicted molar refractivity (Wildman–Crippen MR) is 76.4 cm³/mol. The van der Waals surface area contributed by atoms with E-state index in [1.54, 1.807) is 0 Å². The lowest BCUT2D eigenvalue weighted by molar-refractivity contribution is 0.481. The lowest BCUT2D eigenvalue weighted by Crippen LogP contribution is -2.10. The van der Waals surface area contributed by atoms with Gasteiger partial charge in [-0.15, -0.1) is 0 Å². The summed E-state index contributed by atoms with van der Waals surface area (Å²) >= 11 is 0. The standard InChI is InChI=1S/C17H20O/c1-13-5-9-15(10-6-13)18-16-11-7-14(8-12-16)17(2,3)4/h5-12H,1-4H3. The average Bonchev–Trinajstić information content (AvgIpc) is 2.32. The first-order valence-corrected chi connectivity index (χ1v) is 6.30. The molecule has 0 amide bonds. The second kappa shape index (κ2) is 4.85.